The molecule has 0 atom stereocenters. The third kappa shape index (κ3) is 7.94. The molecule has 5 nitrogen and oxygen atoms in total. The first-order valence-corrected chi connectivity index (χ1v) is 13.4. The Morgan fingerprint density at radius 3 is 2.47 bits per heavy atom. The fourth-order valence-corrected chi connectivity index (χ4v) is 6.30. The summed E-state index contributed by atoms with van der Waals surface area (Å²) in [5.74, 6) is 3.83. The fraction of sp³-hybridized carbons (Fsp3) is 0.480. The first-order chi connectivity index (χ1) is 15.7. The third-order valence-electron chi connectivity index (χ3n) is 5.36. The Hall–Kier alpha value is -1.83. The van der Waals surface area contributed by atoms with Gasteiger partial charge in [-0.2, -0.15) is 0 Å². The van der Waals surface area contributed by atoms with Crippen LogP contribution in [0, 0.1) is 0 Å². The minimum Gasteiger partial charge on any atom is -0.492 e. The Labute approximate surface area is 200 Å². The number of thioether (sulfide) groups is 2. The smallest absolute Gasteiger partial charge is 0.258 e. The third-order valence-corrected chi connectivity index (χ3v) is 8.37. The summed E-state index contributed by atoms with van der Waals surface area (Å²) in [6, 6.07) is 16.0. The van der Waals surface area contributed by atoms with E-state index in [0.717, 1.165) is 36.7 Å². The molecule has 1 fully saturated rings. The van der Waals surface area contributed by atoms with E-state index in [2.05, 4.69) is 36.2 Å². The molecular weight excluding hydrogens is 440 g/mol. The van der Waals surface area contributed by atoms with Crippen molar-refractivity contribution in [2.75, 3.05) is 44.4 Å². The van der Waals surface area contributed by atoms with Crippen molar-refractivity contribution in [2.45, 2.75) is 31.4 Å². The van der Waals surface area contributed by atoms with Gasteiger partial charge in [0.05, 0.1) is 4.58 Å². The summed E-state index contributed by atoms with van der Waals surface area (Å²) in [7, 11) is 0. The molecule has 3 rings (SSSR count). The molecule has 2 aromatic rings. The van der Waals surface area contributed by atoms with Crippen LogP contribution in [0.15, 0.2) is 48.5 Å². The number of rotatable bonds is 12. The predicted octanol–water partition coefficient (Wildman–Crippen LogP) is 4.97. The van der Waals surface area contributed by atoms with Crippen LogP contribution in [0.1, 0.15) is 36.0 Å². The number of carbonyl (C=O) groups is 1. The number of amides is 1. The van der Waals surface area contributed by atoms with Gasteiger partial charge in [0.2, 0.25) is 0 Å². The lowest BCUT2D eigenvalue weighted by Crippen LogP contribution is -2.29. The van der Waals surface area contributed by atoms with Gasteiger partial charge >= 0.3 is 0 Å². The quantitative estimate of drug-likeness (QED) is 0.469. The predicted molar refractivity (Wildman–Crippen MR) is 136 cm³/mol. The van der Waals surface area contributed by atoms with E-state index in [1.54, 1.807) is 0 Å². The van der Waals surface area contributed by atoms with Crippen LogP contribution in [0.4, 0.5) is 0 Å². The van der Waals surface area contributed by atoms with Gasteiger partial charge in [-0.15, -0.1) is 23.5 Å². The number of nitrogens with zero attached hydrogens (tertiary/aromatic N) is 1. The number of carbonyl (C=O) groups excluding carboxylic acids is 1. The minimum atomic E-state index is -0.148. The molecule has 174 valence electrons. The van der Waals surface area contributed by atoms with Crippen LogP contribution in [0.5, 0.6) is 11.5 Å². The van der Waals surface area contributed by atoms with Gasteiger partial charge in [0.1, 0.15) is 18.1 Å². The molecule has 0 saturated carbocycles. The van der Waals surface area contributed by atoms with E-state index in [1.807, 2.05) is 59.9 Å². The molecular formula is C25H34N2O3S2. The molecule has 7 heteroatoms. The molecule has 1 amide bonds. The standard InChI is InChI=1S/C25H34N2O3S2/c1-3-27(4-2)14-15-29-23-9-6-5-8-21(23)18-26-24(28)19-30-22-12-10-20(11-13-22)25-31-16-7-17-32-25/h5-6,8-13,25H,3-4,7,14-19H2,1-2H3,(H,26,28). The van der Waals surface area contributed by atoms with Crippen molar-refractivity contribution in [1.29, 1.82) is 0 Å². The summed E-state index contributed by atoms with van der Waals surface area (Å²) in [4.78, 5) is 14.6. The monoisotopic (exact) mass is 474 g/mol. The molecule has 1 heterocycles. The van der Waals surface area contributed by atoms with Gasteiger partial charge in [-0.1, -0.05) is 44.2 Å². The summed E-state index contributed by atoms with van der Waals surface area (Å²) in [6.45, 7) is 8.26. The van der Waals surface area contributed by atoms with Gasteiger partial charge in [0.25, 0.3) is 5.91 Å². The molecule has 0 radical (unpaired) electrons. The Kier molecular flexibility index (Phi) is 10.6. The summed E-state index contributed by atoms with van der Waals surface area (Å²) >= 11 is 4.00. The van der Waals surface area contributed by atoms with Gasteiger partial charge in [-0.25, -0.2) is 0 Å². The lowest BCUT2D eigenvalue weighted by atomic mass is 10.2. The van der Waals surface area contributed by atoms with E-state index in [-0.39, 0.29) is 12.5 Å². The summed E-state index contributed by atoms with van der Waals surface area (Å²) in [5.41, 5.74) is 2.28. The van der Waals surface area contributed by atoms with E-state index in [4.69, 9.17) is 9.47 Å². The molecule has 0 bridgehead atoms. The first-order valence-electron chi connectivity index (χ1n) is 11.3. The minimum absolute atomic E-state index is 0.00272. The maximum atomic E-state index is 12.3. The Morgan fingerprint density at radius 2 is 1.75 bits per heavy atom. The lowest BCUT2D eigenvalue weighted by molar-refractivity contribution is -0.123. The Balaban J connectivity index is 1.42. The Bertz CT molecular complexity index is 822. The van der Waals surface area contributed by atoms with Crippen LogP contribution in [0.3, 0.4) is 0 Å². The molecule has 2 aromatic carbocycles. The number of ether oxygens (including phenoxy) is 2. The topological polar surface area (TPSA) is 50.8 Å². The maximum absolute atomic E-state index is 12.3. The van der Waals surface area contributed by atoms with Crippen molar-refractivity contribution in [3.05, 3.63) is 59.7 Å². The number of para-hydroxylation sites is 1. The number of hydrogen-bond donors (Lipinski definition) is 1. The number of hydrogen-bond acceptors (Lipinski definition) is 6. The van der Waals surface area contributed by atoms with Crippen LogP contribution in [0.2, 0.25) is 0 Å². The highest BCUT2D eigenvalue weighted by Gasteiger charge is 2.16. The number of likely N-dealkylation sites (N-methyl/N-ethyl adjacent to an activating group) is 1. The van der Waals surface area contributed by atoms with Gasteiger partial charge in [-0.3, -0.25) is 4.79 Å². The summed E-state index contributed by atoms with van der Waals surface area (Å²) in [6.07, 6.45) is 1.29. The molecule has 0 aliphatic carbocycles. The van der Waals surface area contributed by atoms with Crippen LogP contribution in [-0.2, 0) is 11.3 Å². The molecule has 1 aliphatic rings. The van der Waals surface area contributed by atoms with E-state index < -0.39 is 0 Å². The normalized spacial score (nSPS) is 14.3. The molecule has 1 aliphatic heterocycles. The van der Waals surface area contributed by atoms with Crippen molar-refractivity contribution in [2.24, 2.45) is 0 Å². The second-order valence-electron chi connectivity index (χ2n) is 7.54. The summed E-state index contributed by atoms with van der Waals surface area (Å²) in [5, 5.41) is 2.93. The molecule has 0 unspecified atom stereocenters. The van der Waals surface area contributed by atoms with Gasteiger partial charge < -0.3 is 19.7 Å². The van der Waals surface area contributed by atoms with Gasteiger partial charge in [-0.05, 0) is 54.8 Å². The second kappa shape index (κ2) is 13.7. The van der Waals surface area contributed by atoms with Gasteiger partial charge in [0, 0.05) is 18.7 Å². The van der Waals surface area contributed by atoms with E-state index in [1.165, 1.54) is 23.5 Å². The highest BCUT2D eigenvalue weighted by molar-refractivity contribution is 8.16. The summed E-state index contributed by atoms with van der Waals surface area (Å²) < 4.78 is 12.2. The molecule has 0 spiro atoms. The van der Waals surface area contributed by atoms with Crippen molar-refractivity contribution in [3.63, 3.8) is 0 Å². The SMILES string of the molecule is CCN(CC)CCOc1ccccc1CNC(=O)COc1ccc(C2SCCCS2)cc1. The van der Waals surface area contributed by atoms with Crippen LogP contribution in [-0.4, -0.2) is 55.2 Å². The average Bonchev–Trinajstić information content (AvgIpc) is 2.85. The number of benzene rings is 2. The van der Waals surface area contributed by atoms with E-state index >= 15 is 0 Å². The molecule has 32 heavy (non-hydrogen) atoms. The average molecular weight is 475 g/mol. The first kappa shape index (κ1) is 24.8. The van der Waals surface area contributed by atoms with Crippen LogP contribution < -0.4 is 14.8 Å². The van der Waals surface area contributed by atoms with Crippen molar-refractivity contribution in [1.82, 2.24) is 10.2 Å². The molecule has 1 saturated heterocycles. The van der Waals surface area contributed by atoms with E-state index in [0.29, 0.717) is 17.7 Å². The Morgan fingerprint density at radius 1 is 1.03 bits per heavy atom. The second-order valence-corrected chi connectivity index (χ2v) is 10.3. The van der Waals surface area contributed by atoms with Gasteiger partial charge in [0.15, 0.2) is 6.61 Å². The largest absolute Gasteiger partial charge is 0.492 e. The van der Waals surface area contributed by atoms with Crippen molar-refractivity contribution >= 4 is 29.4 Å². The van der Waals surface area contributed by atoms with E-state index in [9.17, 15) is 4.79 Å². The van der Waals surface area contributed by atoms with Crippen molar-refractivity contribution < 1.29 is 14.3 Å². The maximum Gasteiger partial charge on any atom is 0.258 e. The zero-order chi connectivity index (χ0) is 22.6. The zero-order valence-electron chi connectivity index (χ0n) is 19.0. The molecule has 1 N–H and O–H groups in total. The van der Waals surface area contributed by atoms with Crippen molar-refractivity contribution in [3.8, 4) is 11.5 Å². The van der Waals surface area contributed by atoms with Crippen LogP contribution >= 0.6 is 23.5 Å². The van der Waals surface area contributed by atoms with Crippen LogP contribution in [0.25, 0.3) is 0 Å². The highest BCUT2D eigenvalue weighted by Crippen LogP contribution is 2.43. The lowest BCUT2D eigenvalue weighted by Gasteiger charge is -2.21. The zero-order valence-corrected chi connectivity index (χ0v) is 20.7. The highest BCUT2D eigenvalue weighted by atomic mass is 32.2. The fourth-order valence-electron chi connectivity index (χ4n) is 3.41. The molecule has 0 aromatic heterocycles. The number of nitrogens with one attached hydrogen (secondary N) is 1.